The van der Waals surface area contributed by atoms with Crippen molar-refractivity contribution >= 4 is 34.9 Å². The van der Waals surface area contributed by atoms with Crippen molar-refractivity contribution in [2.45, 2.75) is 0 Å². The Morgan fingerprint density at radius 2 is 2.08 bits per heavy atom. The van der Waals surface area contributed by atoms with Gasteiger partial charge in [0.05, 0.1) is 6.20 Å². The van der Waals surface area contributed by atoms with Crippen molar-refractivity contribution in [2.24, 2.45) is 5.73 Å². The fourth-order valence-corrected chi connectivity index (χ4v) is 2.62. The second-order valence-electron chi connectivity index (χ2n) is 5.26. The maximum absolute atomic E-state index is 11.3. The molecule has 0 unspecified atom stereocenters. The predicted molar refractivity (Wildman–Crippen MR) is 93.4 cm³/mol. The Balaban J connectivity index is 1.66. The SMILES string of the molecule is NC(=O)c1cccc(-n2cnc(Nc3nc(Cl)nc4cccn34)c2)c1. The van der Waals surface area contributed by atoms with Crippen molar-refractivity contribution in [1.29, 1.82) is 0 Å². The fraction of sp³-hybridized carbons (Fsp3) is 0. The van der Waals surface area contributed by atoms with Crippen LogP contribution in [0, 0.1) is 0 Å². The summed E-state index contributed by atoms with van der Waals surface area (Å²) in [5.74, 6) is 0.580. The van der Waals surface area contributed by atoms with Gasteiger partial charge in [-0.15, -0.1) is 0 Å². The van der Waals surface area contributed by atoms with Crippen LogP contribution in [0.4, 0.5) is 11.8 Å². The van der Waals surface area contributed by atoms with Gasteiger partial charge in [-0.05, 0) is 41.9 Å². The number of rotatable bonds is 4. The van der Waals surface area contributed by atoms with E-state index in [0.717, 1.165) is 5.69 Å². The van der Waals surface area contributed by atoms with Crippen molar-refractivity contribution in [3.63, 3.8) is 0 Å². The summed E-state index contributed by atoms with van der Waals surface area (Å²) in [6.07, 6.45) is 5.21. The van der Waals surface area contributed by atoms with Crippen LogP contribution in [0.5, 0.6) is 0 Å². The summed E-state index contributed by atoms with van der Waals surface area (Å²) in [6, 6.07) is 10.6. The van der Waals surface area contributed by atoms with Gasteiger partial charge in [0.2, 0.25) is 17.1 Å². The molecule has 1 aromatic carbocycles. The second-order valence-corrected chi connectivity index (χ2v) is 5.60. The van der Waals surface area contributed by atoms with Crippen molar-refractivity contribution in [2.75, 3.05) is 5.32 Å². The maximum atomic E-state index is 11.3. The Hall–Kier alpha value is -3.39. The number of halogens is 1. The normalized spacial score (nSPS) is 10.9. The lowest BCUT2D eigenvalue weighted by molar-refractivity contribution is 0.100. The molecule has 8 nitrogen and oxygen atoms in total. The smallest absolute Gasteiger partial charge is 0.248 e. The predicted octanol–water partition coefficient (Wildman–Crippen LogP) is 2.41. The third kappa shape index (κ3) is 2.90. The highest BCUT2D eigenvalue weighted by Gasteiger charge is 2.09. The van der Waals surface area contributed by atoms with Gasteiger partial charge < -0.3 is 15.6 Å². The standard InChI is InChI=1S/C16H12ClN7O/c17-15-21-13-5-2-6-24(13)16(22-15)20-12-8-23(9-19-12)11-4-1-3-10(7-11)14(18)25/h1-9H,(H2,18,25)(H,20,21,22). The van der Waals surface area contributed by atoms with Gasteiger partial charge in [-0.25, -0.2) is 4.98 Å². The van der Waals surface area contributed by atoms with E-state index >= 15 is 0 Å². The van der Waals surface area contributed by atoms with Gasteiger partial charge in [-0.3, -0.25) is 9.20 Å². The van der Waals surface area contributed by atoms with Crippen molar-refractivity contribution in [3.8, 4) is 5.69 Å². The largest absolute Gasteiger partial charge is 0.366 e. The highest BCUT2D eigenvalue weighted by atomic mass is 35.5. The molecule has 0 bridgehead atoms. The molecule has 3 N–H and O–H groups in total. The van der Waals surface area contributed by atoms with Crippen LogP contribution >= 0.6 is 11.6 Å². The van der Waals surface area contributed by atoms with E-state index in [1.165, 1.54) is 0 Å². The average Bonchev–Trinajstić information content (AvgIpc) is 3.24. The summed E-state index contributed by atoms with van der Waals surface area (Å²) >= 11 is 5.95. The molecule has 124 valence electrons. The molecule has 0 atom stereocenters. The van der Waals surface area contributed by atoms with Crippen LogP contribution in [0.1, 0.15) is 10.4 Å². The number of hydrogen-bond donors (Lipinski definition) is 2. The van der Waals surface area contributed by atoms with E-state index in [0.29, 0.717) is 23.0 Å². The number of amides is 1. The number of carbonyl (C=O) groups excluding carboxylic acids is 1. The highest BCUT2D eigenvalue weighted by Crippen LogP contribution is 2.18. The van der Waals surface area contributed by atoms with Gasteiger partial charge >= 0.3 is 0 Å². The van der Waals surface area contributed by atoms with E-state index in [1.54, 1.807) is 39.7 Å². The van der Waals surface area contributed by atoms with Gasteiger partial charge in [0.25, 0.3) is 0 Å². The molecule has 0 aliphatic heterocycles. The number of anilines is 2. The maximum Gasteiger partial charge on any atom is 0.248 e. The highest BCUT2D eigenvalue weighted by molar-refractivity contribution is 6.28. The number of hydrogen-bond acceptors (Lipinski definition) is 5. The number of fused-ring (bicyclic) bond motifs is 1. The minimum atomic E-state index is -0.481. The lowest BCUT2D eigenvalue weighted by atomic mass is 10.2. The fourth-order valence-electron chi connectivity index (χ4n) is 2.45. The van der Waals surface area contributed by atoms with Crippen molar-refractivity contribution < 1.29 is 4.79 Å². The molecule has 0 aliphatic rings. The minimum absolute atomic E-state index is 0.141. The van der Waals surface area contributed by atoms with Crippen LogP contribution in [-0.4, -0.2) is 29.8 Å². The molecule has 3 heterocycles. The number of imidazole rings is 1. The first-order valence-electron chi connectivity index (χ1n) is 7.32. The zero-order chi connectivity index (χ0) is 17.4. The molecule has 4 aromatic rings. The Kier molecular flexibility index (Phi) is 3.58. The van der Waals surface area contributed by atoms with Crippen LogP contribution in [0.3, 0.4) is 0 Å². The first-order valence-corrected chi connectivity index (χ1v) is 7.70. The Morgan fingerprint density at radius 3 is 2.92 bits per heavy atom. The topological polar surface area (TPSA) is 103 Å². The number of aromatic nitrogens is 5. The molecule has 0 saturated carbocycles. The number of benzene rings is 1. The number of nitrogens with one attached hydrogen (secondary N) is 1. The Bertz CT molecular complexity index is 1080. The zero-order valence-electron chi connectivity index (χ0n) is 12.8. The van der Waals surface area contributed by atoms with E-state index in [1.807, 2.05) is 24.4 Å². The molecular formula is C16H12ClN7O. The van der Waals surface area contributed by atoms with Gasteiger partial charge in [-0.1, -0.05) is 6.07 Å². The quantitative estimate of drug-likeness (QED) is 0.586. The molecule has 9 heteroatoms. The van der Waals surface area contributed by atoms with Gasteiger partial charge in [0, 0.05) is 17.4 Å². The van der Waals surface area contributed by atoms with Crippen LogP contribution in [0.15, 0.2) is 55.1 Å². The number of nitrogens with zero attached hydrogens (tertiary/aromatic N) is 5. The van der Waals surface area contributed by atoms with E-state index < -0.39 is 5.91 Å². The number of carbonyl (C=O) groups is 1. The molecule has 0 radical (unpaired) electrons. The summed E-state index contributed by atoms with van der Waals surface area (Å²) in [6.45, 7) is 0. The molecule has 25 heavy (non-hydrogen) atoms. The molecule has 0 fully saturated rings. The molecule has 0 saturated heterocycles. The van der Waals surface area contributed by atoms with E-state index in [4.69, 9.17) is 17.3 Å². The molecule has 0 aliphatic carbocycles. The monoisotopic (exact) mass is 353 g/mol. The van der Waals surface area contributed by atoms with Crippen LogP contribution in [0.2, 0.25) is 5.28 Å². The summed E-state index contributed by atoms with van der Waals surface area (Å²) in [5.41, 5.74) is 7.19. The van der Waals surface area contributed by atoms with Crippen LogP contribution in [-0.2, 0) is 0 Å². The zero-order valence-corrected chi connectivity index (χ0v) is 13.6. The lowest BCUT2D eigenvalue weighted by Crippen LogP contribution is -2.11. The third-order valence-electron chi connectivity index (χ3n) is 3.61. The summed E-state index contributed by atoms with van der Waals surface area (Å²) in [5, 5.41) is 3.25. The first-order chi connectivity index (χ1) is 12.1. The third-order valence-corrected chi connectivity index (χ3v) is 3.78. The van der Waals surface area contributed by atoms with E-state index in [2.05, 4.69) is 20.3 Å². The van der Waals surface area contributed by atoms with Crippen molar-refractivity contribution in [1.82, 2.24) is 23.9 Å². The van der Waals surface area contributed by atoms with Crippen LogP contribution in [0.25, 0.3) is 11.3 Å². The van der Waals surface area contributed by atoms with E-state index in [-0.39, 0.29) is 5.28 Å². The van der Waals surface area contributed by atoms with Crippen LogP contribution < -0.4 is 11.1 Å². The molecule has 4 rings (SSSR count). The number of nitrogens with two attached hydrogens (primary N) is 1. The van der Waals surface area contributed by atoms with Gasteiger partial charge in [-0.2, -0.15) is 9.97 Å². The molecule has 1 amide bonds. The summed E-state index contributed by atoms with van der Waals surface area (Å²) in [7, 11) is 0. The second kappa shape index (κ2) is 5.91. The lowest BCUT2D eigenvalue weighted by Gasteiger charge is -2.06. The molecule has 0 spiro atoms. The Labute approximate surface area is 146 Å². The molecular weight excluding hydrogens is 342 g/mol. The number of primary amides is 1. The van der Waals surface area contributed by atoms with Crippen molar-refractivity contribution in [3.05, 3.63) is 66.0 Å². The van der Waals surface area contributed by atoms with Gasteiger partial charge in [0.1, 0.15) is 12.0 Å². The summed E-state index contributed by atoms with van der Waals surface area (Å²) in [4.78, 5) is 23.9. The molecule has 3 aromatic heterocycles. The van der Waals surface area contributed by atoms with Gasteiger partial charge in [0.15, 0.2) is 5.82 Å². The first kappa shape index (κ1) is 15.2. The Morgan fingerprint density at radius 1 is 1.20 bits per heavy atom. The summed E-state index contributed by atoms with van der Waals surface area (Å²) < 4.78 is 3.53. The van der Waals surface area contributed by atoms with E-state index in [9.17, 15) is 4.79 Å². The average molecular weight is 354 g/mol. The minimum Gasteiger partial charge on any atom is -0.366 e.